The molecule has 1 aliphatic heterocycles. The fraction of sp³-hybridized carbons (Fsp3) is 0.292. The summed E-state index contributed by atoms with van der Waals surface area (Å²) in [5, 5.41) is 14.0. The second-order valence-electron chi connectivity index (χ2n) is 7.64. The van der Waals surface area contributed by atoms with Gasteiger partial charge in [0.2, 0.25) is 0 Å². The first-order valence-corrected chi connectivity index (χ1v) is 11.0. The fourth-order valence-electron chi connectivity index (χ4n) is 3.95. The van der Waals surface area contributed by atoms with Gasteiger partial charge in [0.1, 0.15) is 11.0 Å². The number of fused-ring (bicyclic) bond motifs is 2. The molecule has 0 saturated heterocycles. The van der Waals surface area contributed by atoms with E-state index in [1.807, 2.05) is 60.7 Å². The van der Waals surface area contributed by atoms with Crippen LogP contribution in [0.5, 0.6) is 5.75 Å². The van der Waals surface area contributed by atoms with Gasteiger partial charge in [-0.1, -0.05) is 48.5 Å². The van der Waals surface area contributed by atoms with Crippen LogP contribution in [0.3, 0.4) is 0 Å². The molecule has 0 aromatic heterocycles. The van der Waals surface area contributed by atoms with Gasteiger partial charge in [0.15, 0.2) is 6.10 Å². The number of nitrogens with zero attached hydrogens (tertiary/aromatic N) is 1. The zero-order valence-corrected chi connectivity index (χ0v) is 18.1. The Balaban J connectivity index is 1.77. The fourth-order valence-corrected chi connectivity index (χ4v) is 5.37. The molecule has 3 aromatic rings. The average Bonchev–Trinajstić information content (AvgIpc) is 2.76. The molecule has 6 nitrogen and oxygen atoms in total. The normalized spacial score (nSPS) is 22.4. The first-order valence-electron chi connectivity index (χ1n) is 10.1. The summed E-state index contributed by atoms with van der Waals surface area (Å²) in [6.07, 6.45) is -1.14. The van der Waals surface area contributed by atoms with Crippen molar-refractivity contribution >= 4 is 28.5 Å². The molecule has 0 amide bonds. The van der Waals surface area contributed by atoms with Crippen molar-refractivity contribution in [2.24, 2.45) is 0 Å². The van der Waals surface area contributed by atoms with Crippen molar-refractivity contribution in [2.45, 2.75) is 42.1 Å². The first kappa shape index (κ1) is 21.2. The molecule has 4 rings (SSSR count). The van der Waals surface area contributed by atoms with Gasteiger partial charge in [-0.3, -0.25) is 14.9 Å². The summed E-state index contributed by atoms with van der Waals surface area (Å²) in [7, 11) is 0. The summed E-state index contributed by atoms with van der Waals surface area (Å²) in [5.41, 5.74) is -0.780. The Morgan fingerprint density at radius 2 is 1.84 bits per heavy atom. The van der Waals surface area contributed by atoms with Crippen LogP contribution in [-0.4, -0.2) is 29.1 Å². The Morgan fingerprint density at radius 1 is 1.13 bits per heavy atom. The molecule has 0 spiro atoms. The maximum absolute atomic E-state index is 12.4. The van der Waals surface area contributed by atoms with E-state index in [1.54, 1.807) is 19.9 Å². The van der Waals surface area contributed by atoms with Crippen LogP contribution in [0.2, 0.25) is 0 Å². The monoisotopic (exact) mass is 437 g/mol. The SMILES string of the molecule is CCOC(=O)C[C@H]1Oc2ccccc2[C@@H](Sc2ccc3ccccc3c2)[C@]1(C)[N+](=O)[O-]. The summed E-state index contributed by atoms with van der Waals surface area (Å²) >= 11 is 1.43. The van der Waals surface area contributed by atoms with E-state index in [0.717, 1.165) is 21.2 Å². The van der Waals surface area contributed by atoms with Crippen LogP contribution in [0.1, 0.15) is 31.1 Å². The number of nitro groups is 1. The molecule has 3 atom stereocenters. The van der Waals surface area contributed by atoms with Crippen LogP contribution in [0.15, 0.2) is 71.6 Å². The molecule has 7 heteroatoms. The minimum atomic E-state index is -1.53. The number of esters is 1. The average molecular weight is 438 g/mol. The third kappa shape index (κ3) is 3.97. The van der Waals surface area contributed by atoms with Gasteiger partial charge in [-0.05, 0) is 35.9 Å². The van der Waals surface area contributed by atoms with E-state index < -0.39 is 22.9 Å². The number of hydrogen-bond acceptors (Lipinski definition) is 6. The highest BCUT2D eigenvalue weighted by atomic mass is 32.2. The van der Waals surface area contributed by atoms with Gasteiger partial charge in [0, 0.05) is 22.3 Å². The molecule has 3 aromatic carbocycles. The molecule has 31 heavy (non-hydrogen) atoms. The highest BCUT2D eigenvalue weighted by molar-refractivity contribution is 7.99. The maximum Gasteiger partial charge on any atom is 0.309 e. The lowest BCUT2D eigenvalue weighted by Crippen LogP contribution is -2.56. The molecule has 0 fully saturated rings. The second-order valence-corrected chi connectivity index (χ2v) is 8.82. The Labute approximate surface area is 184 Å². The van der Waals surface area contributed by atoms with Crippen LogP contribution in [0.25, 0.3) is 10.8 Å². The van der Waals surface area contributed by atoms with E-state index in [4.69, 9.17) is 9.47 Å². The number of thioether (sulfide) groups is 1. The minimum absolute atomic E-state index is 0.186. The zero-order chi connectivity index (χ0) is 22.0. The van der Waals surface area contributed by atoms with Crippen molar-refractivity contribution in [3.63, 3.8) is 0 Å². The summed E-state index contributed by atoms with van der Waals surface area (Å²) in [5.74, 6) is 0.0591. The Kier molecular flexibility index (Phi) is 5.87. The van der Waals surface area contributed by atoms with E-state index in [-0.39, 0.29) is 18.0 Å². The summed E-state index contributed by atoms with van der Waals surface area (Å²) in [6, 6.07) is 21.4. The molecule has 0 bridgehead atoms. The topological polar surface area (TPSA) is 78.7 Å². The highest BCUT2D eigenvalue weighted by Crippen LogP contribution is 2.53. The molecule has 0 radical (unpaired) electrons. The Bertz CT molecular complexity index is 1130. The molecule has 160 valence electrons. The minimum Gasteiger partial charge on any atom is -0.482 e. The van der Waals surface area contributed by atoms with Crippen molar-refractivity contribution in [1.29, 1.82) is 0 Å². The van der Waals surface area contributed by atoms with Gasteiger partial charge in [-0.25, -0.2) is 0 Å². The number of rotatable bonds is 6. The van der Waals surface area contributed by atoms with Gasteiger partial charge in [-0.15, -0.1) is 11.8 Å². The predicted octanol–water partition coefficient (Wildman–Crippen LogP) is 5.42. The smallest absolute Gasteiger partial charge is 0.309 e. The van der Waals surface area contributed by atoms with Gasteiger partial charge >= 0.3 is 5.97 Å². The quantitative estimate of drug-likeness (QED) is 0.291. The lowest BCUT2D eigenvalue weighted by atomic mass is 9.83. The van der Waals surface area contributed by atoms with E-state index in [9.17, 15) is 14.9 Å². The lowest BCUT2D eigenvalue weighted by molar-refractivity contribution is -0.578. The molecular weight excluding hydrogens is 414 g/mol. The number of ether oxygens (including phenoxy) is 2. The molecule has 0 saturated carbocycles. The van der Waals surface area contributed by atoms with Crippen molar-refractivity contribution in [1.82, 2.24) is 0 Å². The van der Waals surface area contributed by atoms with Crippen molar-refractivity contribution in [3.8, 4) is 5.75 Å². The summed E-state index contributed by atoms with van der Waals surface area (Å²) in [4.78, 5) is 25.2. The Morgan fingerprint density at radius 3 is 2.58 bits per heavy atom. The second kappa shape index (κ2) is 8.59. The summed E-state index contributed by atoms with van der Waals surface area (Å²) in [6.45, 7) is 3.48. The van der Waals surface area contributed by atoms with Crippen molar-refractivity contribution < 1.29 is 19.2 Å². The van der Waals surface area contributed by atoms with Crippen LogP contribution in [0.4, 0.5) is 0 Å². The first-order chi connectivity index (χ1) is 14.9. The number of para-hydroxylation sites is 1. The predicted molar refractivity (Wildman–Crippen MR) is 120 cm³/mol. The van der Waals surface area contributed by atoms with Crippen molar-refractivity contribution in [3.05, 3.63) is 82.4 Å². The third-order valence-corrected chi connectivity index (χ3v) is 7.17. The number of carbonyl (C=O) groups excluding carboxylic acids is 1. The number of hydrogen-bond donors (Lipinski definition) is 0. The van der Waals surface area contributed by atoms with E-state index in [0.29, 0.717) is 5.75 Å². The molecule has 0 N–H and O–H groups in total. The highest BCUT2D eigenvalue weighted by Gasteiger charge is 2.59. The van der Waals surface area contributed by atoms with E-state index >= 15 is 0 Å². The van der Waals surface area contributed by atoms with Gasteiger partial charge in [0.25, 0.3) is 5.54 Å². The van der Waals surface area contributed by atoms with Gasteiger partial charge < -0.3 is 9.47 Å². The van der Waals surface area contributed by atoms with Crippen LogP contribution < -0.4 is 4.74 Å². The zero-order valence-electron chi connectivity index (χ0n) is 17.3. The van der Waals surface area contributed by atoms with Crippen LogP contribution >= 0.6 is 11.8 Å². The molecule has 0 unspecified atom stereocenters. The standard InChI is InChI=1S/C24H23NO5S/c1-3-29-22(26)15-21-24(2,25(27)28)23(19-10-6-7-11-20(19)30-21)31-18-13-12-16-8-4-5-9-17(16)14-18/h4-14,21,23H,3,15H2,1-2H3/t21-,23-,24-/m1/s1. The van der Waals surface area contributed by atoms with E-state index in [2.05, 4.69) is 0 Å². The van der Waals surface area contributed by atoms with Gasteiger partial charge in [0.05, 0.1) is 13.0 Å². The van der Waals surface area contributed by atoms with E-state index in [1.165, 1.54) is 11.8 Å². The Hall–Kier alpha value is -3.06. The number of benzene rings is 3. The molecule has 0 aliphatic carbocycles. The van der Waals surface area contributed by atoms with Gasteiger partial charge in [-0.2, -0.15) is 0 Å². The largest absolute Gasteiger partial charge is 0.482 e. The van der Waals surface area contributed by atoms with Crippen LogP contribution in [-0.2, 0) is 9.53 Å². The molecule has 1 heterocycles. The maximum atomic E-state index is 12.4. The van der Waals surface area contributed by atoms with Crippen molar-refractivity contribution in [2.75, 3.05) is 6.61 Å². The number of carbonyl (C=O) groups is 1. The molecular formula is C24H23NO5S. The molecule has 1 aliphatic rings. The third-order valence-electron chi connectivity index (χ3n) is 5.68. The van der Waals surface area contributed by atoms with Crippen LogP contribution in [0, 0.1) is 10.1 Å². The summed E-state index contributed by atoms with van der Waals surface area (Å²) < 4.78 is 11.1. The lowest BCUT2D eigenvalue weighted by Gasteiger charge is -2.40.